The molecule has 0 aliphatic rings. The largest absolute Gasteiger partial charge is 0.323 e. The molecule has 4 amide bonds. The summed E-state index contributed by atoms with van der Waals surface area (Å²) in [6, 6.07) is 18.0. The SMILES string of the molecule is Cc1ccc(NC(=O)Nc2cccc(Cl)c2)c(NC(=O)Nc2cccc(Cl)c2)c1. The van der Waals surface area contributed by atoms with Crippen LogP contribution in [0.2, 0.25) is 10.0 Å². The molecule has 0 spiro atoms. The van der Waals surface area contributed by atoms with E-state index in [1.165, 1.54) is 0 Å². The van der Waals surface area contributed by atoms with Crippen molar-refractivity contribution in [3.63, 3.8) is 0 Å². The van der Waals surface area contributed by atoms with Crippen LogP contribution in [-0.4, -0.2) is 12.1 Å². The number of rotatable bonds is 4. The van der Waals surface area contributed by atoms with Crippen LogP contribution in [0.25, 0.3) is 0 Å². The van der Waals surface area contributed by atoms with Crippen molar-refractivity contribution in [2.75, 3.05) is 21.3 Å². The lowest BCUT2D eigenvalue weighted by molar-refractivity contribution is 0.261. The average Bonchev–Trinajstić information content (AvgIpc) is 2.64. The van der Waals surface area contributed by atoms with E-state index in [4.69, 9.17) is 23.2 Å². The first-order valence-corrected chi connectivity index (χ1v) is 9.42. The molecule has 8 heteroatoms. The lowest BCUT2D eigenvalue weighted by Crippen LogP contribution is -2.23. The van der Waals surface area contributed by atoms with Crippen molar-refractivity contribution in [1.29, 1.82) is 0 Å². The first-order valence-electron chi connectivity index (χ1n) is 8.67. The summed E-state index contributed by atoms with van der Waals surface area (Å²) in [7, 11) is 0. The average molecular weight is 429 g/mol. The molecule has 0 radical (unpaired) electrons. The van der Waals surface area contributed by atoms with Crippen LogP contribution in [0.15, 0.2) is 66.7 Å². The highest BCUT2D eigenvalue weighted by Gasteiger charge is 2.11. The van der Waals surface area contributed by atoms with Gasteiger partial charge in [0.2, 0.25) is 0 Å². The molecule has 4 N–H and O–H groups in total. The van der Waals surface area contributed by atoms with Crippen LogP contribution in [0.3, 0.4) is 0 Å². The minimum absolute atomic E-state index is 0.441. The summed E-state index contributed by atoms with van der Waals surface area (Å²) in [6.07, 6.45) is 0. The van der Waals surface area contributed by atoms with E-state index in [1.807, 2.05) is 13.0 Å². The van der Waals surface area contributed by atoms with Gasteiger partial charge in [0.25, 0.3) is 0 Å². The van der Waals surface area contributed by atoms with E-state index in [0.717, 1.165) is 5.56 Å². The van der Waals surface area contributed by atoms with Gasteiger partial charge in [-0.1, -0.05) is 41.4 Å². The van der Waals surface area contributed by atoms with E-state index < -0.39 is 12.1 Å². The molecule has 0 bridgehead atoms. The standard InChI is InChI=1S/C21H18Cl2N4O2/c1-13-8-9-18(26-20(28)24-16-6-2-4-14(22)11-16)19(10-13)27-21(29)25-17-7-3-5-15(23)12-17/h2-12H,1H3,(H2,24,26,28)(H2,25,27,29). The summed E-state index contributed by atoms with van der Waals surface area (Å²) in [6.45, 7) is 1.88. The van der Waals surface area contributed by atoms with Gasteiger partial charge in [-0.05, 0) is 61.0 Å². The van der Waals surface area contributed by atoms with Gasteiger partial charge in [0.15, 0.2) is 0 Å². The Balaban J connectivity index is 1.70. The number of hydrogen-bond acceptors (Lipinski definition) is 2. The van der Waals surface area contributed by atoms with E-state index in [2.05, 4.69) is 21.3 Å². The fourth-order valence-electron chi connectivity index (χ4n) is 2.57. The van der Waals surface area contributed by atoms with Crippen molar-refractivity contribution in [1.82, 2.24) is 0 Å². The Bertz CT molecular complexity index is 1060. The molecule has 6 nitrogen and oxygen atoms in total. The number of aryl methyl sites for hydroxylation is 1. The van der Waals surface area contributed by atoms with E-state index >= 15 is 0 Å². The molecule has 0 aliphatic heterocycles. The summed E-state index contributed by atoms with van der Waals surface area (Å²) in [5.41, 5.74) is 2.91. The quantitative estimate of drug-likeness (QED) is 0.377. The predicted molar refractivity (Wildman–Crippen MR) is 119 cm³/mol. The Labute approximate surface area is 178 Å². The first kappa shape index (κ1) is 20.5. The molecule has 148 valence electrons. The number of benzene rings is 3. The van der Waals surface area contributed by atoms with Crippen LogP contribution in [0.5, 0.6) is 0 Å². The molecular formula is C21H18Cl2N4O2. The smallest absolute Gasteiger partial charge is 0.308 e. The van der Waals surface area contributed by atoms with Crippen molar-refractivity contribution >= 4 is 58.0 Å². The van der Waals surface area contributed by atoms with Crippen LogP contribution in [0.4, 0.5) is 32.3 Å². The second kappa shape index (κ2) is 9.32. The van der Waals surface area contributed by atoms with Gasteiger partial charge < -0.3 is 21.3 Å². The van der Waals surface area contributed by atoms with E-state index in [0.29, 0.717) is 32.8 Å². The third-order valence-corrected chi connectivity index (χ3v) is 4.31. The molecule has 0 unspecified atom stereocenters. The van der Waals surface area contributed by atoms with Gasteiger partial charge in [-0.15, -0.1) is 0 Å². The molecule has 0 saturated heterocycles. The van der Waals surface area contributed by atoms with Gasteiger partial charge in [-0.25, -0.2) is 9.59 Å². The van der Waals surface area contributed by atoms with Crippen molar-refractivity contribution in [3.8, 4) is 0 Å². The number of halogens is 2. The molecule has 3 aromatic carbocycles. The highest BCUT2D eigenvalue weighted by Crippen LogP contribution is 2.24. The maximum absolute atomic E-state index is 12.4. The van der Waals surface area contributed by atoms with Crippen LogP contribution in [0, 0.1) is 6.92 Å². The lowest BCUT2D eigenvalue weighted by Gasteiger charge is -2.14. The van der Waals surface area contributed by atoms with Gasteiger partial charge in [0.1, 0.15) is 0 Å². The third kappa shape index (κ3) is 6.14. The van der Waals surface area contributed by atoms with Crippen molar-refractivity contribution in [3.05, 3.63) is 82.3 Å². The molecule has 0 heterocycles. The van der Waals surface area contributed by atoms with Gasteiger partial charge in [-0.3, -0.25) is 0 Å². The fourth-order valence-corrected chi connectivity index (χ4v) is 2.95. The summed E-state index contributed by atoms with van der Waals surface area (Å²) in [4.78, 5) is 24.7. The maximum Gasteiger partial charge on any atom is 0.323 e. The predicted octanol–water partition coefficient (Wildman–Crippen LogP) is 6.59. The minimum atomic E-state index is -0.464. The summed E-state index contributed by atoms with van der Waals surface area (Å²) in [5.74, 6) is 0. The number of anilines is 4. The Morgan fingerprint density at radius 2 is 1.17 bits per heavy atom. The second-order valence-corrected chi connectivity index (χ2v) is 7.10. The van der Waals surface area contributed by atoms with E-state index in [-0.39, 0.29) is 0 Å². The first-order chi connectivity index (χ1) is 13.9. The van der Waals surface area contributed by atoms with Crippen LogP contribution < -0.4 is 21.3 Å². The number of carbonyl (C=O) groups excluding carboxylic acids is 2. The summed E-state index contributed by atoms with van der Waals surface area (Å²) < 4.78 is 0. The highest BCUT2D eigenvalue weighted by molar-refractivity contribution is 6.31. The molecule has 29 heavy (non-hydrogen) atoms. The number of urea groups is 2. The number of hydrogen-bond donors (Lipinski definition) is 4. The van der Waals surface area contributed by atoms with Gasteiger partial charge in [0.05, 0.1) is 11.4 Å². The van der Waals surface area contributed by atoms with Gasteiger partial charge in [0, 0.05) is 21.4 Å². The van der Waals surface area contributed by atoms with Crippen molar-refractivity contribution < 1.29 is 9.59 Å². The van der Waals surface area contributed by atoms with Crippen LogP contribution in [0.1, 0.15) is 5.56 Å². The van der Waals surface area contributed by atoms with Crippen molar-refractivity contribution in [2.45, 2.75) is 6.92 Å². The summed E-state index contributed by atoms with van der Waals surface area (Å²) in [5, 5.41) is 11.9. The van der Waals surface area contributed by atoms with Crippen molar-refractivity contribution in [2.24, 2.45) is 0 Å². The zero-order valence-electron chi connectivity index (χ0n) is 15.4. The second-order valence-electron chi connectivity index (χ2n) is 6.23. The monoisotopic (exact) mass is 428 g/mol. The van der Waals surface area contributed by atoms with Crippen LogP contribution in [-0.2, 0) is 0 Å². The van der Waals surface area contributed by atoms with Gasteiger partial charge in [-0.2, -0.15) is 0 Å². The summed E-state index contributed by atoms with van der Waals surface area (Å²) >= 11 is 11.9. The molecule has 0 aliphatic carbocycles. The number of carbonyl (C=O) groups is 2. The number of nitrogens with one attached hydrogen (secondary N) is 4. The zero-order chi connectivity index (χ0) is 20.8. The molecule has 0 aromatic heterocycles. The molecule has 3 aromatic rings. The maximum atomic E-state index is 12.4. The van der Waals surface area contributed by atoms with Crippen LogP contribution >= 0.6 is 23.2 Å². The van der Waals surface area contributed by atoms with Gasteiger partial charge >= 0.3 is 12.1 Å². The minimum Gasteiger partial charge on any atom is -0.308 e. The Kier molecular flexibility index (Phi) is 6.59. The Morgan fingerprint density at radius 3 is 1.69 bits per heavy atom. The molecule has 0 fully saturated rings. The zero-order valence-corrected chi connectivity index (χ0v) is 16.9. The number of amides is 4. The lowest BCUT2D eigenvalue weighted by atomic mass is 10.2. The molecule has 3 rings (SSSR count). The van der Waals surface area contributed by atoms with E-state index in [9.17, 15) is 9.59 Å². The molecule has 0 saturated carbocycles. The normalized spacial score (nSPS) is 10.2. The Hall–Kier alpha value is -3.22. The Morgan fingerprint density at radius 1 is 0.655 bits per heavy atom. The molecule has 0 atom stereocenters. The topological polar surface area (TPSA) is 82.3 Å². The fraction of sp³-hybridized carbons (Fsp3) is 0.0476. The third-order valence-electron chi connectivity index (χ3n) is 3.84. The molecular weight excluding hydrogens is 411 g/mol. The highest BCUT2D eigenvalue weighted by atomic mass is 35.5. The van der Waals surface area contributed by atoms with E-state index in [1.54, 1.807) is 60.7 Å².